The average Bonchev–Trinajstić information content (AvgIpc) is 2.45. The van der Waals surface area contributed by atoms with Crippen molar-refractivity contribution in [3.63, 3.8) is 0 Å². The second kappa shape index (κ2) is 3.94. The van der Waals surface area contributed by atoms with E-state index in [2.05, 4.69) is 10.6 Å². The van der Waals surface area contributed by atoms with Crippen LogP contribution in [0.15, 0.2) is 24.3 Å². The Morgan fingerprint density at radius 2 is 2.27 bits per heavy atom. The Labute approximate surface area is 91.7 Å². The number of carbonyl (C=O) groups excluding carboxylic acids is 1. The van der Waals surface area contributed by atoms with Gasteiger partial charge in [-0.2, -0.15) is 0 Å². The van der Waals surface area contributed by atoms with Gasteiger partial charge < -0.3 is 10.6 Å². The van der Waals surface area contributed by atoms with Gasteiger partial charge in [0.15, 0.2) is 5.11 Å². The quantitative estimate of drug-likeness (QED) is 0.728. The van der Waals surface area contributed by atoms with Crippen LogP contribution in [0, 0.1) is 5.82 Å². The topological polar surface area (TPSA) is 41.1 Å². The van der Waals surface area contributed by atoms with Crippen LogP contribution in [0.1, 0.15) is 5.56 Å². The fourth-order valence-corrected chi connectivity index (χ4v) is 1.75. The van der Waals surface area contributed by atoms with Gasteiger partial charge in [0.25, 0.3) is 0 Å². The summed E-state index contributed by atoms with van der Waals surface area (Å²) in [5, 5.41) is 5.64. The highest BCUT2D eigenvalue weighted by molar-refractivity contribution is 7.80. The molecule has 1 aliphatic rings. The van der Waals surface area contributed by atoms with Crippen LogP contribution in [0.5, 0.6) is 0 Å². The van der Waals surface area contributed by atoms with E-state index in [1.54, 1.807) is 12.1 Å². The van der Waals surface area contributed by atoms with Crippen molar-refractivity contribution >= 4 is 23.2 Å². The van der Waals surface area contributed by atoms with E-state index in [4.69, 9.17) is 12.2 Å². The Morgan fingerprint density at radius 3 is 2.87 bits per heavy atom. The van der Waals surface area contributed by atoms with Gasteiger partial charge in [-0.05, 0) is 29.9 Å². The maximum Gasteiger partial charge on any atom is 0.249 e. The van der Waals surface area contributed by atoms with Crippen molar-refractivity contribution in [3.8, 4) is 0 Å². The van der Waals surface area contributed by atoms with E-state index in [9.17, 15) is 9.18 Å². The molecule has 1 heterocycles. The van der Waals surface area contributed by atoms with Crippen LogP contribution in [0.4, 0.5) is 4.39 Å². The zero-order chi connectivity index (χ0) is 10.8. The van der Waals surface area contributed by atoms with Gasteiger partial charge in [0.05, 0.1) is 0 Å². The molecule has 1 aromatic rings. The Hall–Kier alpha value is -1.49. The monoisotopic (exact) mass is 224 g/mol. The van der Waals surface area contributed by atoms with Crippen molar-refractivity contribution in [3.05, 3.63) is 35.6 Å². The molecule has 0 aliphatic carbocycles. The summed E-state index contributed by atoms with van der Waals surface area (Å²) in [6.07, 6.45) is 0.434. The molecule has 1 saturated heterocycles. The second-order valence-electron chi connectivity index (χ2n) is 3.35. The highest BCUT2D eigenvalue weighted by Gasteiger charge is 2.26. The van der Waals surface area contributed by atoms with E-state index in [0.717, 1.165) is 5.56 Å². The molecule has 1 fully saturated rings. The summed E-state index contributed by atoms with van der Waals surface area (Å²) < 4.78 is 12.9. The van der Waals surface area contributed by atoms with Crippen molar-refractivity contribution in [2.24, 2.45) is 0 Å². The van der Waals surface area contributed by atoms with E-state index in [0.29, 0.717) is 11.5 Å². The zero-order valence-electron chi connectivity index (χ0n) is 7.79. The first-order chi connectivity index (χ1) is 7.15. The van der Waals surface area contributed by atoms with Crippen LogP contribution in [0.2, 0.25) is 0 Å². The van der Waals surface area contributed by atoms with E-state index >= 15 is 0 Å². The average molecular weight is 224 g/mol. The summed E-state index contributed by atoms with van der Waals surface area (Å²) in [5.41, 5.74) is 0.771. The molecule has 0 aromatic heterocycles. The van der Waals surface area contributed by atoms with E-state index in [-0.39, 0.29) is 17.8 Å². The molecule has 2 rings (SSSR count). The molecule has 1 aliphatic heterocycles. The molecule has 2 N–H and O–H groups in total. The molecule has 15 heavy (non-hydrogen) atoms. The van der Waals surface area contributed by atoms with Gasteiger partial charge in [0, 0.05) is 6.42 Å². The smallest absolute Gasteiger partial charge is 0.249 e. The van der Waals surface area contributed by atoms with Crippen LogP contribution in [0.3, 0.4) is 0 Å². The number of hydrogen-bond acceptors (Lipinski definition) is 2. The van der Waals surface area contributed by atoms with Crippen LogP contribution in [0.25, 0.3) is 0 Å². The highest BCUT2D eigenvalue weighted by atomic mass is 32.1. The molecule has 0 bridgehead atoms. The van der Waals surface area contributed by atoms with Crippen LogP contribution in [-0.2, 0) is 11.2 Å². The van der Waals surface area contributed by atoms with Gasteiger partial charge in [-0.3, -0.25) is 4.79 Å². The van der Waals surface area contributed by atoms with Crippen LogP contribution < -0.4 is 10.6 Å². The highest BCUT2D eigenvalue weighted by Crippen LogP contribution is 2.08. The minimum atomic E-state index is -0.390. The fraction of sp³-hybridized carbons (Fsp3) is 0.200. The predicted molar refractivity (Wildman–Crippen MR) is 57.8 cm³/mol. The van der Waals surface area contributed by atoms with Crippen LogP contribution in [-0.4, -0.2) is 17.1 Å². The number of amides is 1. The van der Waals surface area contributed by atoms with Gasteiger partial charge in [0.2, 0.25) is 5.91 Å². The largest absolute Gasteiger partial charge is 0.350 e. The molecule has 5 heteroatoms. The van der Waals surface area contributed by atoms with Crippen molar-refractivity contribution in [1.29, 1.82) is 0 Å². The Morgan fingerprint density at radius 1 is 1.47 bits per heavy atom. The third-order valence-corrected chi connectivity index (χ3v) is 2.41. The Balaban J connectivity index is 2.09. The van der Waals surface area contributed by atoms with Gasteiger partial charge in [-0.1, -0.05) is 12.1 Å². The third-order valence-electron chi connectivity index (χ3n) is 2.19. The lowest BCUT2D eigenvalue weighted by Crippen LogP contribution is -2.31. The number of benzene rings is 1. The Kier molecular flexibility index (Phi) is 2.64. The number of rotatable bonds is 2. The number of hydrogen-bond donors (Lipinski definition) is 2. The molecule has 3 nitrogen and oxygen atoms in total. The van der Waals surface area contributed by atoms with Crippen molar-refractivity contribution in [2.45, 2.75) is 12.5 Å². The Bertz CT molecular complexity index is 422. The number of thiocarbonyl (C=S) groups is 1. The SMILES string of the molecule is O=C1NC(=S)NC1Cc1cccc(F)c1. The minimum absolute atomic E-state index is 0.163. The lowest BCUT2D eigenvalue weighted by atomic mass is 10.1. The molecule has 1 aromatic carbocycles. The minimum Gasteiger partial charge on any atom is -0.350 e. The molecular weight excluding hydrogens is 215 g/mol. The molecule has 0 radical (unpaired) electrons. The second-order valence-corrected chi connectivity index (χ2v) is 3.76. The van der Waals surface area contributed by atoms with Gasteiger partial charge >= 0.3 is 0 Å². The first kappa shape index (κ1) is 10.0. The first-order valence-corrected chi connectivity index (χ1v) is 4.92. The summed E-state index contributed by atoms with van der Waals surface area (Å²) in [7, 11) is 0. The lowest BCUT2D eigenvalue weighted by molar-refractivity contribution is -0.120. The van der Waals surface area contributed by atoms with E-state index in [1.165, 1.54) is 12.1 Å². The summed E-state index contributed by atoms with van der Waals surface area (Å²) >= 11 is 4.80. The standard InChI is InChI=1S/C10H9FN2OS/c11-7-3-1-2-6(4-7)5-8-9(14)13-10(15)12-8/h1-4,8H,5H2,(H2,12,13,14,15). The number of carbonyl (C=O) groups is 1. The molecule has 0 saturated carbocycles. The summed E-state index contributed by atoms with van der Waals surface area (Å²) in [4.78, 5) is 11.3. The molecular formula is C10H9FN2OS. The van der Waals surface area contributed by atoms with Gasteiger partial charge in [-0.15, -0.1) is 0 Å². The third kappa shape index (κ3) is 2.30. The summed E-state index contributed by atoms with van der Waals surface area (Å²) in [5.74, 6) is -0.460. The van der Waals surface area contributed by atoms with E-state index in [1.807, 2.05) is 0 Å². The van der Waals surface area contributed by atoms with Crippen molar-refractivity contribution < 1.29 is 9.18 Å². The maximum absolute atomic E-state index is 12.9. The van der Waals surface area contributed by atoms with Crippen molar-refractivity contribution in [2.75, 3.05) is 0 Å². The predicted octanol–water partition coefficient (Wildman–Crippen LogP) is 0.741. The van der Waals surface area contributed by atoms with Gasteiger partial charge in [-0.25, -0.2) is 4.39 Å². The molecule has 1 atom stereocenters. The molecule has 1 amide bonds. The van der Waals surface area contributed by atoms with Crippen molar-refractivity contribution in [1.82, 2.24) is 10.6 Å². The molecule has 0 spiro atoms. The lowest BCUT2D eigenvalue weighted by Gasteiger charge is -2.07. The number of halogens is 1. The first-order valence-electron chi connectivity index (χ1n) is 4.51. The maximum atomic E-state index is 12.9. The zero-order valence-corrected chi connectivity index (χ0v) is 8.60. The van der Waals surface area contributed by atoms with Crippen LogP contribution >= 0.6 is 12.2 Å². The molecule has 1 unspecified atom stereocenters. The number of nitrogens with one attached hydrogen (secondary N) is 2. The summed E-state index contributed by atoms with van der Waals surface area (Å²) in [6, 6.07) is 5.79. The van der Waals surface area contributed by atoms with Gasteiger partial charge in [0.1, 0.15) is 11.9 Å². The normalized spacial score (nSPS) is 19.9. The molecule has 78 valence electrons. The van der Waals surface area contributed by atoms with E-state index < -0.39 is 0 Å². The summed E-state index contributed by atoms with van der Waals surface area (Å²) in [6.45, 7) is 0. The fourth-order valence-electron chi connectivity index (χ4n) is 1.50.